The van der Waals surface area contributed by atoms with Gasteiger partial charge in [0.25, 0.3) is 0 Å². The first-order valence-electron chi connectivity index (χ1n) is 5.40. The van der Waals surface area contributed by atoms with Gasteiger partial charge in [-0.3, -0.25) is 4.79 Å². The molecule has 18 heavy (non-hydrogen) atoms. The number of rotatable bonds is 6. The molecule has 0 saturated carbocycles. The van der Waals surface area contributed by atoms with Crippen molar-refractivity contribution in [3.63, 3.8) is 0 Å². The zero-order chi connectivity index (χ0) is 13.5. The topological polar surface area (TPSA) is 105 Å². The van der Waals surface area contributed by atoms with Gasteiger partial charge in [0.05, 0.1) is 0 Å². The van der Waals surface area contributed by atoms with E-state index < -0.39 is 12.0 Å². The second-order valence-electron chi connectivity index (χ2n) is 3.88. The van der Waals surface area contributed by atoms with Gasteiger partial charge in [0, 0.05) is 0 Å². The smallest absolute Gasteiger partial charge is 0.341 e. The van der Waals surface area contributed by atoms with E-state index in [1.165, 1.54) is 6.92 Å². The van der Waals surface area contributed by atoms with Crippen LogP contribution in [-0.4, -0.2) is 24.4 Å². The summed E-state index contributed by atoms with van der Waals surface area (Å²) in [6.45, 7) is 1.49. The minimum atomic E-state index is -0.793. The maximum absolute atomic E-state index is 11.0. The molecule has 0 saturated heterocycles. The Morgan fingerprint density at radius 2 is 1.89 bits per heavy atom. The van der Waals surface area contributed by atoms with Crippen molar-refractivity contribution in [1.29, 1.82) is 0 Å². The molecule has 0 radical (unpaired) electrons. The second-order valence-corrected chi connectivity index (χ2v) is 3.88. The lowest BCUT2D eigenvalue weighted by molar-refractivity contribution is -0.145. The Balaban J connectivity index is 2.54. The van der Waals surface area contributed by atoms with Crippen LogP contribution in [0.3, 0.4) is 0 Å². The molecule has 0 aromatic heterocycles. The number of ketones is 1. The summed E-state index contributed by atoms with van der Waals surface area (Å²) in [6.07, 6.45) is 0.322. The highest BCUT2D eigenvalue weighted by Gasteiger charge is 2.14. The van der Waals surface area contributed by atoms with Crippen LogP contribution < -0.4 is 16.4 Å². The summed E-state index contributed by atoms with van der Waals surface area (Å²) in [5, 5.41) is 0. The Kier molecular flexibility index (Phi) is 5.29. The van der Waals surface area contributed by atoms with Gasteiger partial charge in [0.1, 0.15) is 18.4 Å². The van der Waals surface area contributed by atoms with Crippen molar-refractivity contribution in [3.8, 4) is 5.75 Å². The molecule has 0 amide bonds. The summed E-state index contributed by atoms with van der Waals surface area (Å²) >= 11 is 0. The molecular weight excluding hydrogens is 236 g/mol. The zero-order valence-corrected chi connectivity index (χ0v) is 10.1. The SMILES string of the molecule is CC(=O)COc1ccc(CC(N)C(=O)ON)cc1. The summed E-state index contributed by atoms with van der Waals surface area (Å²) in [7, 11) is 0. The molecular formula is C12H16N2O4. The molecule has 1 aromatic rings. The predicted octanol–water partition coefficient (Wildman–Crippen LogP) is -0.0589. The molecule has 6 nitrogen and oxygen atoms in total. The molecule has 0 bridgehead atoms. The van der Waals surface area contributed by atoms with Crippen LogP contribution in [0.4, 0.5) is 0 Å². The molecule has 0 fully saturated rings. The first kappa shape index (κ1) is 14.1. The fourth-order valence-corrected chi connectivity index (χ4v) is 1.33. The Morgan fingerprint density at radius 3 is 2.39 bits per heavy atom. The van der Waals surface area contributed by atoms with Crippen molar-refractivity contribution in [3.05, 3.63) is 29.8 Å². The number of nitrogens with two attached hydrogens (primary N) is 2. The van der Waals surface area contributed by atoms with Crippen LogP contribution >= 0.6 is 0 Å². The first-order valence-corrected chi connectivity index (χ1v) is 5.40. The lowest BCUT2D eigenvalue weighted by atomic mass is 10.1. The van der Waals surface area contributed by atoms with Crippen LogP contribution in [0.1, 0.15) is 12.5 Å². The van der Waals surface area contributed by atoms with Gasteiger partial charge < -0.3 is 15.3 Å². The monoisotopic (exact) mass is 252 g/mol. The van der Waals surface area contributed by atoms with E-state index in [2.05, 4.69) is 4.84 Å². The van der Waals surface area contributed by atoms with E-state index >= 15 is 0 Å². The van der Waals surface area contributed by atoms with Crippen LogP contribution in [0.5, 0.6) is 5.75 Å². The number of ether oxygens (including phenoxy) is 1. The molecule has 0 aliphatic heterocycles. The molecule has 0 aliphatic rings. The molecule has 1 atom stereocenters. The average molecular weight is 252 g/mol. The van der Waals surface area contributed by atoms with Crippen LogP contribution in [0.2, 0.25) is 0 Å². The standard InChI is InChI=1S/C12H16N2O4/c1-8(15)7-17-10-4-2-9(3-5-10)6-11(13)12(16)18-14/h2-5,11H,6-7,13-14H2,1H3. The van der Waals surface area contributed by atoms with Gasteiger partial charge in [0.15, 0.2) is 5.78 Å². The van der Waals surface area contributed by atoms with Crippen LogP contribution in [0, 0.1) is 0 Å². The molecule has 0 aliphatic carbocycles. The van der Waals surface area contributed by atoms with Crippen molar-refractivity contribution < 1.29 is 19.2 Å². The van der Waals surface area contributed by atoms with Crippen LogP contribution in [0.15, 0.2) is 24.3 Å². The number of Topliss-reactive ketones (excluding diaryl/α,β-unsaturated/α-hetero) is 1. The van der Waals surface area contributed by atoms with Gasteiger partial charge in [0.2, 0.25) is 0 Å². The molecule has 1 rings (SSSR count). The van der Waals surface area contributed by atoms with Gasteiger partial charge in [-0.2, -0.15) is 5.90 Å². The fraction of sp³-hybridized carbons (Fsp3) is 0.333. The minimum Gasteiger partial charge on any atom is -0.486 e. The number of carbonyl (C=O) groups is 2. The maximum Gasteiger partial charge on any atom is 0.341 e. The summed E-state index contributed by atoms with van der Waals surface area (Å²) in [6, 6.07) is 6.15. The molecule has 4 N–H and O–H groups in total. The van der Waals surface area contributed by atoms with E-state index in [1.807, 2.05) is 0 Å². The largest absolute Gasteiger partial charge is 0.486 e. The average Bonchev–Trinajstić information content (AvgIpc) is 2.36. The number of carbonyl (C=O) groups excluding carboxylic acids is 2. The van der Waals surface area contributed by atoms with E-state index in [-0.39, 0.29) is 12.4 Å². The number of benzene rings is 1. The molecule has 1 aromatic carbocycles. The molecule has 6 heteroatoms. The van der Waals surface area contributed by atoms with Crippen molar-refractivity contribution in [2.45, 2.75) is 19.4 Å². The minimum absolute atomic E-state index is 0.0400. The van der Waals surface area contributed by atoms with Crippen LogP contribution in [0.25, 0.3) is 0 Å². The Morgan fingerprint density at radius 1 is 1.28 bits per heavy atom. The molecule has 98 valence electrons. The summed E-state index contributed by atoms with van der Waals surface area (Å²) in [5.41, 5.74) is 6.42. The number of hydrogen-bond acceptors (Lipinski definition) is 6. The normalized spacial score (nSPS) is 11.7. The van der Waals surface area contributed by atoms with Gasteiger partial charge in [-0.05, 0) is 31.0 Å². The maximum atomic E-state index is 11.0. The highest BCUT2D eigenvalue weighted by atomic mass is 16.7. The fourth-order valence-electron chi connectivity index (χ4n) is 1.33. The Bertz CT molecular complexity index is 417. The third-order valence-electron chi connectivity index (χ3n) is 2.24. The van der Waals surface area contributed by atoms with Gasteiger partial charge in [-0.1, -0.05) is 12.1 Å². The van der Waals surface area contributed by atoms with Crippen molar-refractivity contribution in [2.24, 2.45) is 11.6 Å². The quantitative estimate of drug-likeness (QED) is 0.687. The molecule has 0 spiro atoms. The van der Waals surface area contributed by atoms with Gasteiger partial charge >= 0.3 is 5.97 Å². The third-order valence-corrected chi connectivity index (χ3v) is 2.24. The van der Waals surface area contributed by atoms with E-state index in [9.17, 15) is 9.59 Å². The summed E-state index contributed by atoms with van der Waals surface area (Å²) < 4.78 is 5.20. The van der Waals surface area contributed by atoms with Gasteiger partial charge in [-0.15, -0.1) is 0 Å². The van der Waals surface area contributed by atoms with Gasteiger partial charge in [-0.25, -0.2) is 4.79 Å². The van der Waals surface area contributed by atoms with E-state index in [1.54, 1.807) is 24.3 Å². The Labute approximate surface area is 105 Å². The van der Waals surface area contributed by atoms with E-state index in [0.717, 1.165) is 5.56 Å². The second kappa shape index (κ2) is 6.73. The zero-order valence-electron chi connectivity index (χ0n) is 10.1. The highest BCUT2D eigenvalue weighted by Crippen LogP contribution is 2.13. The molecule has 1 unspecified atom stereocenters. The lowest BCUT2D eigenvalue weighted by Crippen LogP contribution is -2.35. The summed E-state index contributed by atoms with van der Waals surface area (Å²) in [5.74, 6) is 4.61. The third kappa shape index (κ3) is 4.52. The number of hydrogen-bond donors (Lipinski definition) is 2. The first-order chi connectivity index (χ1) is 8.52. The van der Waals surface area contributed by atoms with Crippen molar-refractivity contribution in [2.75, 3.05) is 6.61 Å². The van der Waals surface area contributed by atoms with Crippen molar-refractivity contribution in [1.82, 2.24) is 0 Å². The Hall–Kier alpha value is -1.92. The molecule has 0 heterocycles. The van der Waals surface area contributed by atoms with E-state index in [4.69, 9.17) is 16.4 Å². The highest BCUT2D eigenvalue weighted by molar-refractivity contribution is 5.77. The van der Waals surface area contributed by atoms with Crippen molar-refractivity contribution >= 4 is 11.8 Å². The summed E-state index contributed by atoms with van der Waals surface area (Å²) in [4.78, 5) is 25.8. The lowest BCUT2D eigenvalue weighted by Gasteiger charge is -2.09. The van der Waals surface area contributed by atoms with Crippen LogP contribution in [-0.2, 0) is 20.8 Å². The predicted molar refractivity (Wildman–Crippen MR) is 64.6 cm³/mol. The van der Waals surface area contributed by atoms with E-state index in [0.29, 0.717) is 12.2 Å².